The van der Waals surface area contributed by atoms with Crippen LogP contribution in [0.5, 0.6) is 5.75 Å². The van der Waals surface area contributed by atoms with Crippen molar-refractivity contribution in [1.82, 2.24) is 19.6 Å². The molecule has 1 aliphatic rings. The van der Waals surface area contributed by atoms with Gasteiger partial charge in [0.15, 0.2) is 11.4 Å². The standard InChI is InChI=1S/C33H40N4O2/c1-25-12-6-7-16-28(25)29(22-32(38)34-18-11-20-36-19-9-8-13-26(36)2)30-23-35-33-31(17-10-21-37(30)33)39-24-27-14-4-3-5-15-27/h3-7,10,12,14-17,21,23,26,29H,8-9,11,13,18-20,22,24H2,1-2H3,(H,34,38). The summed E-state index contributed by atoms with van der Waals surface area (Å²) in [5.41, 5.74) is 5.17. The highest BCUT2D eigenvalue weighted by Gasteiger charge is 2.24. The number of imidazole rings is 1. The van der Waals surface area contributed by atoms with Gasteiger partial charge < -0.3 is 19.4 Å². The Morgan fingerprint density at radius 1 is 1.08 bits per heavy atom. The molecule has 1 aliphatic heterocycles. The number of hydrogen-bond donors (Lipinski definition) is 1. The average Bonchev–Trinajstić information content (AvgIpc) is 3.39. The number of piperidine rings is 1. The molecule has 2 atom stereocenters. The third-order valence-corrected chi connectivity index (χ3v) is 7.96. The number of aryl methyl sites for hydroxylation is 1. The predicted molar refractivity (Wildman–Crippen MR) is 156 cm³/mol. The number of carbonyl (C=O) groups is 1. The summed E-state index contributed by atoms with van der Waals surface area (Å²) in [6, 6.07) is 23.0. The van der Waals surface area contributed by atoms with Gasteiger partial charge in [-0.1, -0.05) is 61.0 Å². The zero-order valence-corrected chi connectivity index (χ0v) is 23.2. The molecule has 5 rings (SSSR count). The zero-order chi connectivity index (χ0) is 27.0. The Bertz CT molecular complexity index is 1370. The van der Waals surface area contributed by atoms with E-state index < -0.39 is 0 Å². The van der Waals surface area contributed by atoms with E-state index in [1.54, 1.807) is 0 Å². The topological polar surface area (TPSA) is 58.9 Å². The molecule has 204 valence electrons. The van der Waals surface area contributed by atoms with Crippen molar-refractivity contribution in [3.05, 3.63) is 102 Å². The summed E-state index contributed by atoms with van der Waals surface area (Å²) in [4.78, 5) is 20.5. The molecule has 3 heterocycles. The number of benzene rings is 2. The lowest BCUT2D eigenvalue weighted by Crippen LogP contribution is -2.39. The molecule has 2 aromatic carbocycles. The molecule has 6 nitrogen and oxygen atoms in total. The molecule has 1 amide bonds. The minimum atomic E-state index is -0.118. The van der Waals surface area contributed by atoms with Crippen LogP contribution in [0.15, 0.2) is 79.1 Å². The Hall–Kier alpha value is -3.64. The largest absolute Gasteiger partial charge is 0.485 e. The smallest absolute Gasteiger partial charge is 0.221 e. The Balaban J connectivity index is 1.31. The molecule has 2 unspecified atom stereocenters. The van der Waals surface area contributed by atoms with Crippen LogP contribution < -0.4 is 10.1 Å². The highest BCUT2D eigenvalue weighted by molar-refractivity contribution is 5.77. The fraction of sp³-hybridized carbons (Fsp3) is 0.394. The maximum atomic E-state index is 13.2. The average molecular weight is 525 g/mol. The molecule has 39 heavy (non-hydrogen) atoms. The first-order valence-electron chi connectivity index (χ1n) is 14.3. The van der Waals surface area contributed by atoms with E-state index in [-0.39, 0.29) is 11.8 Å². The van der Waals surface area contributed by atoms with Gasteiger partial charge in [0.1, 0.15) is 6.61 Å². The number of nitrogens with zero attached hydrogens (tertiary/aromatic N) is 3. The number of aromatic nitrogens is 2. The molecule has 2 aromatic heterocycles. The number of likely N-dealkylation sites (tertiary alicyclic amines) is 1. The van der Waals surface area contributed by atoms with Gasteiger partial charge in [-0.15, -0.1) is 0 Å². The number of rotatable bonds is 11. The molecule has 1 saturated heterocycles. The lowest BCUT2D eigenvalue weighted by Gasteiger charge is -2.33. The molecule has 6 heteroatoms. The van der Waals surface area contributed by atoms with Crippen molar-refractivity contribution in [1.29, 1.82) is 0 Å². The molecular weight excluding hydrogens is 484 g/mol. The Morgan fingerprint density at radius 2 is 1.90 bits per heavy atom. The molecule has 0 saturated carbocycles. The van der Waals surface area contributed by atoms with Gasteiger partial charge >= 0.3 is 0 Å². The fourth-order valence-corrected chi connectivity index (χ4v) is 5.72. The zero-order valence-electron chi connectivity index (χ0n) is 23.2. The van der Waals surface area contributed by atoms with Gasteiger partial charge in [0.05, 0.1) is 5.69 Å². The second-order valence-corrected chi connectivity index (χ2v) is 10.7. The highest BCUT2D eigenvalue weighted by Crippen LogP contribution is 2.32. The Labute approximate surface area is 232 Å². The number of carbonyl (C=O) groups excluding carboxylic acids is 1. The van der Waals surface area contributed by atoms with E-state index in [0.717, 1.165) is 41.2 Å². The van der Waals surface area contributed by atoms with E-state index >= 15 is 0 Å². The second-order valence-electron chi connectivity index (χ2n) is 10.7. The molecule has 1 fully saturated rings. The molecule has 4 aromatic rings. The quantitative estimate of drug-likeness (QED) is 0.240. The molecule has 1 N–H and O–H groups in total. The van der Waals surface area contributed by atoms with Crippen LogP contribution in [0, 0.1) is 6.92 Å². The molecule has 0 spiro atoms. The molecule has 0 aliphatic carbocycles. The van der Waals surface area contributed by atoms with Crippen molar-refractivity contribution in [2.45, 2.75) is 64.5 Å². The number of nitrogens with one attached hydrogen (secondary N) is 1. The van der Waals surface area contributed by atoms with Gasteiger partial charge in [0.25, 0.3) is 0 Å². The van der Waals surface area contributed by atoms with Gasteiger partial charge in [0, 0.05) is 43.9 Å². The molecular formula is C33H40N4O2. The Kier molecular flexibility index (Phi) is 8.94. The van der Waals surface area contributed by atoms with Gasteiger partial charge in [-0.25, -0.2) is 4.98 Å². The van der Waals surface area contributed by atoms with Crippen molar-refractivity contribution in [2.75, 3.05) is 19.6 Å². The van der Waals surface area contributed by atoms with Crippen molar-refractivity contribution in [3.63, 3.8) is 0 Å². The number of pyridine rings is 1. The van der Waals surface area contributed by atoms with Gasteiger partial charge in [0.2, 0.25) is 5.91 Å². The van der Waals surface area contributed by atoms with Gasteiger partial charge in [-0.3, -0.25) is 4.79 Å². The van der Waals surface area contributed by atoms with Crippen LogP contribution in [0.4, 0.5) is 0 Å². The second kappa shape index (κ2) is 12.9. The lowest BCUT2D eigenvalue weighted by molar-refractivity contribution is -0.121. The number of fused-ring (bicyclic) bond motifs is 1. The monoisotopic (exact) mass is 524 g/mol. The van der Waals surface area contributed by atoms with E-state index in [2.05, 4.69) is 52.7 Å². The first kappa shape index (κ1) is 26.9. The first-order chi connectivity index (χ1) is 19.1. The van der Waals surface area contributed by atoms with Crippen LogP contribution in [0.1, 0.15) is 67.3 Å². The maximum absolute atomic E-state index is 13.2. The maximum Gasteiger partial charge on any atom is 0.221 e. The van der Waals surface area contributed by atoms with E-state index in [0.29, 0.717) is 25.6 Å². The van der Waals surface area contributed by atoms with Crippen LogP contribution in [0.2, 0.25) is 0 Å². The predicted octanol–water partition coefficient (Wildman–Crippen LogP) is 6.12. The van der Waals surface area contributed by atoms with Crippen LogP contribution in [0.25, 0.3) is 5.65 Å². The molecule has 0 bridgehead atoms. The van der Waals surface area contributed by atoms with Crippen molar-refractivity contribution in [3.8, 4) is 5.75 Å². The summed E-state index contributed by atoms with van der Waals surface area (Å²) in [5.74, 6) is 0.682. The summed E-state index contributed by atoms with van der Waals surface area (Å²) in [7, 11) is 0. The number of hydrogen-bond acceptors (Lipinski definition) is 4. The van der Waals surface area contributed by atoms with Crippen molar-refractivity contribution < 1.29 is 9.53 Å². The minimum Gasteiger partial charge on any atom is -0.485 e. The summed E-state index contributed by atoms with van der Waals surface area (Å²) >= 11 is 0. The van der Waals surface area contributed by atoms with Gasteiger partial charge in [-0.05, 0) is 68.5 Å². The Morgan fingerprint density at radius 3 is 2.72 bits per heavy atom. The number of amides is 1. The third kappa shape index (κ3) is 6.69. The SMILES string of the molecule is Cc1ccccc1C(CC(=O)NCCCN1CCCCC1C)c1cnc2c(OCc3ccccc3)cccn12. The van der Waals surface area contributed by atoms with E-state index in [4.69, 9.17) is 9.72 Å². The van der Waals surface area contributed by atoms with Crippen LogP contribution >= 0.6 is 0 Å². The first-order valence-corrected chi connectivity index (χ1v) is 14.3. The minimum absolute atomic E-state index is 0.0707. The summed E-state index contributed by atoms with van der Waals surface area (Å²) in [5, 5.41) is 3.20. The van der Waals surface area contributed by atoms with Crippen LogP contribution in [-0.2, 0) is 11.4 Å². The van der Waals surface area contributed by atoms with Crippen LogP contribution in [-0.4, -0.2) is 45.9 Å². The fourth-order valence-electron chi connectivity index (χ4n) is 5.72. The normalized spacial score (nSPS) is 16.7. The molecule has 0 radical (unpaired) electrons. The van der Waals surface area contributed by atoms with Gasteiger partial charge in [-0.2, -0.15) is 0 Å². The van der Waals surface area contributed by atoms with Crippen molar-refractivity contribution >= 4 is 11.6 Å². The third-order valence-electron chi connectivity index (χ3n) is 7.96. The highest BCUT2D eigenvalue weighted by atomic mass is 16.5. The van der Waals surface area contributed by atoms with E-state index in [1.165, 1.54) is 31.4 Å². The lowest BCUT2D eigenvalue weighted by atomic mass is 9.89. The summed E-state index contributed by atoms with van der Waals surface area (Å²) in [6.45, 7) is 7.82. The number of ether oxygens (including phenoxy) is 1. The van der Waals surface area contributed by atoms with Crippen molar-refractivity contribution in [2.24, 2.45) is 0 Å². The van der Waals surface area contributed by atoms with E-state index in [1.807, 2.05) is 54.9 Å². The van der Waals surface area contributed by atoms with Crippen LogP contribution in [0.3, 0.4) is 0 Å². The van der Waals surface area contributed by atoms with E-state index in [9.17, 15) is 4.79 Å². The summed E-state index contributed by atoms with van der Waals surface area (Å²) in [6.07, 6.45) is 9.15. The summed E-state index contributed by atoms with van der Waals surface area (Å²) < 4.78 is 8.24.